The molecule has 0 atom stereocenters. The van der Waals surface area contributed by atoms with Crippen molar-refractivity contribution >= 4 is 29.0 Å². The number of carbonyl (C=O) groups is 2. The number of urea groups is 1. The van der Waals surface area contributed by atoms with E-state index in [1.54, 1.807) is 6.07 Å². The summed E-state index contributed by atoms with van der Waals surface area (Å²) in [6.07, 6.45) is -4.64. The van der Waals surface area contributed by atoms with Crippen molar-refractivity contribution in [3.8, 4) is 0 Å². The minimum atomic E-state index is -4.64. The lowest BCUT2D eigenvalue weighted by Gasteiger charge is -2.21. The summed E-state index contributed by atoms with van der Waals surface area (Å²) in [4.78, 5) is 24.8. The molecular formula is C16H14F3N3O2. The van der Waals surface area contributed by atoms with Crippen molar-refractivity contribution < 1.29 is 22.8 Å². The standard InChI is InChI=1S/C16H14F3N3O2/c1-10(23)22(12-6-4-5-11(20)9-12)15(24)21-14-8-3-2-7-13(14)16(17,18)19/h2-9H,20H2,1H3,(H,21,24). The van der Waals surface area contributed by atoms with Crippen molar-refractivity contribution in [3.05, 3.63) is 54.1 Å². The highest BCUT2D eigenvalue weighted by Crippen LogP contribution is 2.34. The number of hydrogen-bond donors (Lipinski definition) is 2. The first kappa shape index (κ1) is 17.3. The number of rotatable bonds is 2. The number of nitrogens with two attached hydrogens (primary N) is 1. The van der Waals surface area contributed by atoms with E-state index in [2.05, 4.69) is 5.32 Å². The molecule has 24 heavy (non-hydrogen) atoms. The fraction of sp³-hybridized carbons (Fsp3) is 0.125. The molecule has 0 fully saturated rings. The first-order chi connectivity index (χ1) is 11.2. The Kier molecular flexibility index (Phi) is 4.77. The molecule has 0 saturated carbocycles. The summed E-state index contributed by atoms with van der Waals surface area (Å²) in [6.45, 7) is 1.12. The Bertz CT molecular complexity index is 775. The van der Waals surface area contributed by atoms with Gasteiger partial charge in [0.15, 0.2) is 0 Å². The van der Waals surface area contributed by atoms with E-state index in [4.69, 9.17) is 5.73 Å². The van der Waals surface area contributed by atoms with E-state index in [-0.39, 0.29) is 5.69 Å². The number of hydrogen-bond acceptors (Lipinski definition) is 3. The Morgan fingerprint density at radius 3 is 2.33 bits per heavy atom. The predicted octanol–water partition coefficient (Wildman–Crippen LogP) is 3.87. The number of imide groups is 1. The summed E-state index contributed by atoms with van der Waals surface area (Å²) in [6, 6.07) is 9.40. The lowest BCUT2D eigenvalue weighted by atomic mass is 10.1. The lowest BCUT2D eigenvalue weighted by Crippen LogP contribution is -2.39. The summed E-state index contributed by atoms with van der Waals surface area (Å²) in [7, 11) is 0. The molecule has 2 aromatic rings. The van der Waals surface area contributed by atoms with Crippen molar-refractivity contribution in [3.63, 3.8) is 0 Å². The molecule has 0 aliphatic carbocycles. The molecule has 126 valence electrons. The average Bonchev–Trinajstić information content (AvgIpc) is 2.46. The molecule has 0 radical (unpaired) electrons. The second-order valence-corrected chi connectivity index (χ2v) is 4.92. The second kappa shape index (κ2) is 6.61. The Balaban J connectivity index is 2.35. The number of nitrogens with one attached hydrogen (secondary N) is 1. The van der Waals surface area contributed by atoms with Crippen LogP contribution in [0.15, 0.2) is 48.5 Å². The van der Waals surface area contributed by atoms with Crippen LogP contribution in [-0.4, -0.2) is 11.9 Å². The van der Waals surface area contributed by atoms with Gasteiger partial charge in [-0.1, -0.05) is 18.2 Å². The van der Waals surface area contributed by atoms with Gasteiger partial charge in [0, 0.05) is 12.6 Å². The summed E-state index contributed by atoms with van der Waals surface area (Å²) in [5.41, 5.74) is 4.63. The number of halogens is 3. The smallest absolute Gasteiger partial charge is 0.399 e. The van der Waals surface area contributed by atoms with Crippen LogP contribution in [-0.2, 0) is 11.0 Å². The molecule has 0 heterocycles. The van der Waals surface area contributed by atoms with Crippen LogP contribution in [0, 0.1) is 0 Å². The first-order valence-electron chi connectivity index (χ1n) is 6.83. The first-order valence-corrected chi connectivity index (χ1v) is 6.83. The highest BCUT2D eigenvalue weighted by molar-refractivity contribution is 6.18. The summed E-state index contributed by atoms with van der Waals surface area (Å²) in [5.74, 6) is -0.664. The summed E-state index contributed by atoms with van der Waals surface area (Å²) in [5, 5.41) is 2.12. The van der Waals surface area contributed by atoms with E-state index in [1.165, 1.54) is 30.3 Å². The number of alkyl halides is 3. The molecule has 2 aromatic carbocycles. The maximum absolute atomic E-state index is 13.0. The van der Waals surface area contributed by atoms with E-state index in [1.807, 2.05) is 0 Å². The molecule has 0 aromatic heterocycles. The molecule has 5 nitrogen and oxygen atoms in total. The van der Waals surface area contributed by atoms with Crippen molar-refractivity contribution in [1.82, 2.24) is 0 Å². The third-order valence-corrected chi connectivity index (χ3v) is 3.12. The van der Waals surface area contributed by atoms with Gasteiger partial charge >= 0.3 is 12.2 Å². The fourth-order valence-corrected chi connectivity index (χ4v) is 2.12. The molecular weight excluding hydrogens is 323 g/mol. The number of nitrogens with zero attached hydrogens (tertiary/aromatic N) is 1. The van der Waals surface area contributed by atoms with Gasteiger partial charge in [0.25, 0.3) is 0 Å². The van der Waals surface area contributed by atoms with Gasteiger partial charge in [-0.3, -0.25) is 4.79 Å². The number of benzene rings is 2. The van der Waals surface area contributed by atoms with Gasteiger partial charge in [-0.2, -0.15) is 13.2 Å². The number of nitrogen functional groups attached to an aromatic ring is 1. The van der Waals surface area contributed by atoms with E-state index in [0.29, 0.717) is 10.6 Å². The van der Waals surface area contributed by atoms with Crippen LogP contribution in [0.1, 0.15) is 12.5 Å². The zero-order valence-electron chi connectivity index (χ0n) is 12.6. The number of anilines is 3. The largest absolute Gasteiger partial charge is 0.418 e. The molecule has 3 N–H and O–H groups in total. The molecule has 0 bridgehead atoms. The van der Waals surface area contributed by atoms with Crippen LogP contribution in [0.5, 0.6) is 0 Å². The third-order valence-electron chi connectivity index (χ3n) is 3.12. The maximum atomic E-state index is 13.0. The van der Waals surface area contributed by atoms with Gasteiger partial charge in [0.1, 0.15) is 0 Å². The van der Waals surface area contributed by atoms with Crippen LogP contribution in [0.3, 0.4) is 0 Å². The van der Waals surface area contributed by atoms with E-state index >= 15 is 0 Å². The van der Waals surface area contributed by atoms with Gasteiger partial charge in [-0.15, -0.1) is 0 Å². The highest BCUT2D eigenvalue weighted by atomic mass is 19.4. The zero-order chi connectivity index (χ0) is 17.9. The van der Waals surface area contributed by atoms with Gasteiger partial charge in [-0.05, 0) is 30.3 Å². The van der Waals surface area contributed by atoms with Crippen LogP contribution in [0.2, 0.25) is 0 Å². The van der Waals surface area contributed by atoms with Crippen LogP contribution in [0.4, 0.5) is 35.0 Å². The monoisotopic (exact) mass is 337 g/mol. The van der Waals surface area contributed by atoms with Crippen LogP contribution < -0.4 is 16.0 Å². The predicted molar refractivity (Wildman–Crippen MR) is 84.5 cm³/mol. The lowest BCUT2D eigenvalue weighted by molar-refractivity contribution is -0.136. The third kappa shape index (κ3) is 3.83. The van der Waals surface area contributed by atoms with Crippen molar-refractivity contribution in [1.29, 1.82) is 0 Å². The van der Waals surface area contributed by atoms with Crippen LogP contribution in [0.25, 0.3) is 0 Å². The Hall–Kier alpha value is -3.03. The SMILES string of the molecule is CC(=O)N(C(=O)Nc1ccccc1C(F)(F)F)c1cccc(N)c1. The zero-order valence-corrected chi connectivity index (χ0v) is 12.6. The molecule has 2 rings (SSSR count). The van der Waals surface area contributed by atoms with E-state index < -0.39 is 29.4 Å². The molecule has 0 unspecified atom stereocenters. The molecule has 8 heteroatoms. The molecule has 0 spiro atoms. The second-order valence-electron chi connectivity index (χ2n) is 4.92. The normalized spacial score (nSPS) is 11.0. The molecule has 0 aliphatic rings. The van der Waals surface area contributed by atoms with Gasteiger partial charge < -0.3 is 11.1 Å². The Morgan fingerprint density at radius 2 is 1.75 bits per heavy atom. The van der Waals surface area contributed by atoms with Gasteiger partial charge in [0.05, 0.1) is 16.9 Å². The number of carbonyl (C=O) groups excluding carboxylic acids is 2. The van der Waals surface area contributed by atoms with Gasteiger partial charge in [-0.25, -0.2) is 9.69 Å². The Labute approximate surface area is 135 Å². The molecule has 3 amide bonds. The quantitative estimate of drug-likeness (QED) is 0.817. The number of para-hydroxylation sites is 1. The summed E-state index contributed by atoms with van der Waals surface area (Å²) >= 11 is 0. The Morgan fingerprint density at radius 1 is 1.08 bits per heavy atom. The minimum Gasteiger partial charge on any atom is -0.399 e. The van der Waals surface area contributed by atoms with Gasteiger partial charge in [0.2, 0.25) is 5.91 Å². The fourth-order valence-electron chi connectivity index (χ4n) is 2.12. The van der Waals surface area contributed by atoms with Crippen molar-refractivity contribution in [2.24, 2.45) is 0 Å². The average molecular weight is 337 g/mol. The van der Waals surface area contributed by atoms with Crippen LogP contribution >= 0.6 is 0 Å². The molecule has 0 saturated heterocycles. The van der Waals surface area contributed by atoms with E-state index in [0.717, 1.165) is 19.1 Å². The van der Waals surface area contributed by atoms with Crippen molar-refractivity contribution in [2.45, 2.75) is 13.1 Å². The highest BCUT2D eigenvalue weighted by Gasteiger charge is 2.34. The summed E-state index contributed by atoms with van der Waals surface area (Å²) < 4.78 is 39.0. The molecule has 0 aliphatic heterocycles. The van der Waals surface area contributed by atoms with E-state index in [9.17, 15) is 22.8 Å². The topological polar surface area (TPSA) is 75.4 Å². The maximum Gasteiger partial charge on any atom is 0.418 e. The minimum absolute atomic E-state index is 0.157. The van der Waals surface area contributed by atoms with Crippen molar-refractivity contribution in [2.75, 3.05) is 16.0 Å². The number of amides is 3.